The van der Waals surface area contributed by atoms with Gasteiger partial charge in [0.25, 0.3) is 0 Å². The molecule has 0 aromatic heterocycles. The molecule has 0 amide bonds. The molecule has 1 aromatic rings. The number of rotatable bonds is 6. The molecule has 0 bridgehead atoms. The molecule has 0 N–H and O–H groups in total. The third kappa shape index (κ3) is 3.10. The van der Waals surface area contributed by atoms with Crippen LogP contribution in [0, 0.1) is 12.8 Å². The number of fused-ring (bicyclic) bond motifs is 5. The van der Waals surface area contributed by atoms with Crippen molar-refractivity contribution in [2.24, 2.45) is 5.92 Å². The van der Waals surface area contributed by atoms with Gasteiger partial charge in [0.15, 0.2) is 4.75 Å². The highest BCUT2D eigenvalue weighted by Gasteiger charge is 2.82. The maximum Gasteiger partial charge on any atom is 0.330 e. The average molecular weight is 496 g/mol. The average Bonchev–Trinajstić information content (AvgIpc) is 3.45. The summed E-state index contributed by atoms with van der Waals surface area (Å²) in [5.74, 6) is -1.87. The summed E-state index contributed by atoms with van der Waals surface area (Å²) in [6, 6.07) is 6.41. The number of benzene rings is 1. The van der Waals surface area contributed by atoms with Crippen molar-refractivity contribution in [3.05, 3.63) is 29.8 Å². The van der Waals surface area contributed by atoms with Crippen LogP contribution < -0.4 is 0 Å². The lowest BCUT2D eigenvalue weighted by Gasteiger charge is -2.38. The Morgan fingerprint density at radius 1 is 1.27 bits per heavy atom. The van der Waals surface area contributed by atoms with Crippen LogP contribution in [0.2, 0.25) is 0 Å². The number of ether oxygens (including phenoxy) is 4. The molecule has 1 aromatic carbocycles. The molecule has 180 valence electrons. The van der Waals surface area contributed by atoms with Crippen molar-refractivity contribution in [3.63, 3.8) is 0 Å². The summed E-state index contributed by atoms with van der Waals surface area (Å²) in [5.41, 5.74) is 0.243. The third-order valence-corrected chi connectivity index (χ3v) is 11.2. The lowest BCUT2D eigenvalue weighted by atomic mass is 9.90. The number of esters is 2. The van der Waals surface area contributed by atoms with Gasteiger partial charge in [-0.3, -0.25) is 13.8 Å². The molecule has 4 fully saturated rings. The molecule has 5 rings (SSSR count). The second kappa shape index (κ2) is 8.34. The number of carbonyl (C=O) groups excluding carboxylic acids is 2. The largest absolute Gasteiger partial charge is 0.465 e. The van der Waals surface area contributed by atoms with E-state index in [2.05, 4.69) is 0 Å². The molecule has 4 heterocycles. The van der Waals surface area contributed by atoms with Crippen LogP contribution in [-0.4, -0.2) is 74.3 Å². The van der Waals surface area contributed by atoms with Crippen molar-refractivity contribution in [1.82, 2.24) is 4.90 Å². The molecule has 10 heteroatoms. The smallest absolute Gasteiger partial charge is 0.330 e. The first kappa shape index (κ1) is 23.3. The van der Waals surface area contributed by atoms with E-state index in [0.717, 1.165) is 12.0 Å². The van der Waals surface area contributed by atoms with E-state index in [9.17, 15) is 13.8 Å². The Labute approximate surface area is 200 Å². The molecule has 0 unspecified atom stereocenters. The van der Waals surface area contributed by atoms with Crippen LogP contribution >= 0.6 is 11.8 Å². The molecule has 0 radical (unpaired) electrons. The highest BCUT2D eigenvalue weighted by Crippen LogP contribution is 2.64. The Kier molecular flexibility index (Phi) is 5.88. The van der Waals surface area contributed by atoms with E-state index >= 15 is 0 Å². The van der Waals surface area contributed by atoms with Crippen molar-refractivity contribution in [1.29, 1.82) is 0 Å². The predicted octanol–water partition coefficient (Wildman–Crippen LogP) is 2.20. The van der Waals surface area contributed by atoms with Crippen LogP contribution in [0.4, 0.5) is 0 Å². The fourth-order valence-electron chi connectivity index (χ4n) is 5.72. The second-order valence-corrected chi connectivity index (χ2v) is 11.9. The van der Waals surface area contributed by atoms with Crippen molar-refractivity contribution >= 4 is 34.5 Å². The molecule has 8 nitrogen and oxygen atoms in total. The summed E-state index contributed by atoms with van der Waals surface area (Å²) in [6.45, 7) is 8.48. The van der Waals surface area contributed by atoms with Crippen LogP contribution in [0.5, 0.6) is 0 Å². The summed E-state index contributed by atoms with van der Waals surface area (Å²) in [7, 11) is -1.81. The van der Waals surface area contributed by atoms with Gasteiger partial charge in [0.1, 0.15) is 11.8 Å². The first-order valence-electron chi connectivity index (χ1n) is 11.4. The lowest BCUT2D eigenvalue weighted by molar-refractivity contribution is -0.187. The molecular formula is C23H29NO7S2. The molecule has 4 aliphatic heterocycles. The number of carbonyl (C=O) groups is 2. The van der Waals surface area contributed by atoms with Gasteiger partial charge in [-0.05, 0) is 46.2 Å². The summed E-state index contributed by atoms with van der Waals surface area (Å²) in [6.07, 6.45) is -0.216. The number of aryl methyl sites for hydroxylation is 1. The van der Waals surface area contributed by atoms with E-state index < -0.39 is 56.8 Å². The van der Waals surface area contributed by atoms with Gasteiger partial charge >= 0.3 is 11.9 Å². The number of thioether (sulfide) groups is 1. The van der Waals surface area contributed by atoms with Gasteiger partial charge in [-0.2, -0.15) is 0 Å². The zero-order valence-corrected chi connectivity index (χ0v) is 20.8. The Morgan fingerprint density at radius 3 is 2.67 bits per heavy atom. The monoisotopic (exact) mass is 495 g/mol. The van der Waals surface area contributed by atoms with Gasteiger partial charge in [-0.1, -0.05) is 17.7 Å². The normalized spacial score (nSPS) is 40.2. The van der Waals surface area contributed by atoms with Gasteiger partial charge in [0, 0.05) is 11.5 Å². The number of hydrogen-bond acceptors (Lipinski definition) is 9. The first-order valence-corrected chi connectivity index (χ1v) is 13.5. The minimum atomic E-state index is -1.81. The van der Waals surface area contributed by atoms with Crippen LogP contribution in [0.15, 0.2) is 29.2 Å². The van der Waals surface area contributed by atoms with Crippen LogP contribution in [0.3, 0.4) is 0 Å². The van der Waals surface area contributed by atoms with Crippen LogP contribution in [-0.2, 0) is 39.3 Å². The highest BCUT2D eigenvalue weighted by atomic mass is 32.2. The molecule has 33 heavy (non-hydrogen) atoms. The van der Waals surface area contributed by atoms with Crippen LogP contribution in [0.25, 0.3) is 0 Å². The summed E-state index contributed by atoms with van der Waals surface area (Å²) in [4.78, 5) is 29.6. The molecule has 4 aliphatic rings. The topological polar surface area (TPSA) is 91.4 Å². The number of hydrogen-bond donors (Lipinski definition) is 0. The van der Waals surface area contributed by atoms with E-state index in [4.69, 9.17) is 18.9 Å². The van der Waals surface area contributed by atoms with Gasteiger partial charge in [0.2, 0.25) is 6.29 Å². The summed E-state index contributed by atoms with van der Waals surface area (Å²) in [5, 5.41) is -0.543. The minimum Gasteiger partial charge on any atom is -0.465 e. The summed E-state index contributed by atoms with van der Waals surface area (Å²) >= 11 is 1.56. The number of nitrogens with zero attached hydrogens (tertiary/aromatic N) is 1. The predicted molar refractivity (Wildman–Crippen MR) is 122 cm³/mol. The zero-order valence-electron chi connectivity index (χ0n) is 19.1. The molecule has 4 saturated heterocycles. The number of cyclic esters (lactones) is 1. The molecule has 0 saturated carbocycles. The SMILES string of the molecule is CCOC(=O)[C@@H]1[C@H]2[C@H](OCC)OC(=O)[C@@]2([S@@](=O)c2ccc(C)cc2)[C@H]2S[C@@H]3CCO[C@]3(C)N12. The summed E-state index contributed by atoms with van der Waals surface area (Å²) < 4.78 is 36.0. The first-order chi connectivity index (χ1) is 15.8. The molecular weight excluding hydrogens is 466 g/mol. The van der Waals surface area contributed by atoms with Crippen molar-refractivity contribution < 1.29 is 32.7 Å². The van der Waals surface area contributed by atoms with Gasteiger partial charge in [-0.15, -0.1) is 11.8 Å². The molecule has 0 aliphatic carbocycles. The third-order valence-electron chi connectivity index (χ3n) is 7.17. The highest BCUT2D eigenvalue weighted by molar-refractivity contribution is 8.02. The van der Waals surface area contributed by atoms with E-state index in [1.54, 1.807) is 37.7 Å². The molecule has 0 spiro atoms. The van der Waals surface area contributed by atoms with Gasteiger partial charge in [0.05, 0.1) is 40.6 Å². The van der Waals surface area contributed by atoms with Crippen molar-refractivity contribution in [3.8, 4) is 0 Å². The van der Waals surface area contributed by atoms with Gasteiger partial charge in [-0.25, -0.2) is 4.90 Å². The Hall–Kier alpha value is -1.46. The van der Waals surface area contributed by atoms with E-state index in [-0.39, 0.29) is 18.5 Å². The fraction of sp³-hybridized carbons (Fsp3) is 0.652. The van der Waals surface area contributed by atoms with E-state index in [1.165, 1.54) is 0 Å². The van der Waals surface area contributed by atoms with E-state index in [1.807, 2.05) is 30.9 Å². The Bertz CT molecular complexity index is 988. The minimum absolute atomic E-state index is 0.0335. The maximum atomic E-state index is 14.3. The zero-order chi connectivity index (χ0) is 23.5. The van der Waals surface area contributed by atoms with Crippen LogP contribution in [0.1, 0.15) is 32.8 Å². The quantitative estimate of drug-likeness (QED) is 0.551. The fourth-order valence-corrected chi connectivity index (χ4v) is 9.82. The second-order valence-electron chi connectivity index (χ2n) is 8.90. The molecule has 8 atom stereocenters. The van der Waals surface area contributed by atoms with Crippen molar-refractivity contribution in [2.75, 3.05) is 19.8 Å². The van der Waals surface area contributed by atoms with Crippen molar-refractivity contribution in [2.45, 2.75) is 72.4 Å². The Morgan fingerprint density at radius 2 is 2.00 bits per heavy atom. The lowest BCUT2D eigenvalue weighted by Crippen LogP contribution is -2.56. The standard InChI is InChI=1S/C23H29NO7S2/c1-5-28-18(25)17-16-19(29-6-2)31-21(26)23(16,33(27)14-9-7-13(3)8-10-14)20-24(17)22(4)15(32-20)11-12-30-22/h7-10,15-17,19-20H,5-6,11-12H2,1-4H3/t15-,16+,17+,19-,20-,22+,23+,33+/m1/s1. The van der Waals surface area contributed by atoms with E-state index in [0.29, 0.717) is 11.5 Å². The van der Waals surface area contributed by atoms with Gasteiger partial charge < -0.3 is 18.9 Å². The maximum absolute atomic E-state index is 14.3. The Balaban J connectivity index is 1.71.